The zero-order chi connectivity index (χ0) is 50.9. The van der Waals surface area contributed by atoms with E-state index < -0.39 is 17.4 Å². The van der Waals surface area contributed by atoms with Gasteiger partial charge in [-0.2, -0.15) is 18.3 Å². The number of amides is 3. The molecule has 0 spiro atoms. The lowest BCUT2D eigenvalue weighted by molar-refractivity contribution is -0.137. The Balaban J connectivity index is 0.714. The van der Waals surface area contributed by atoms with Crippen LogP contribution in [0.5, 0.6) is 23.0 Å². The van der Waals surface area contributed by atoms with Crippen LogP contribution in [-0.2, 0) is 35.3 Å². The van der Waals surface area contributed by atoms with Crippen molar-refractivity contribution in [3.05, 3.63) is 165 Å². The Morgan fingerprint density at radius 3 is 2.25 bits per heavy atom. The van der Waals surface area contributed by atoms with E-state index in [0.29, 0.717) is 66.1 Å². The molecule has 1 saturated heterocycles. The monoisotopic (exact) mass is 983 g/mol. The SMILES string of the molecule is CC(C)c1cc(-c2n[nH]c(=O)n2-c2ccc(CN3CCN(C(=O)CCCCCNC(=O)Cc4cccc(CNC(=O)c5ccc6c(Oc7ccc(C(F)(F)F)cc7)cccc6c5)c4)CC3)cc2)c(O)cc1O. The first-order valence-corrected chi connectivity index (χ1v) is 23.9. The molecule has 1 aromatic heterocycles. The molecule has 0 saturated carbocycles. The van der Waals surface area contributed by atoms with E-state index >= 15 is 0 Å². The van der Waals surface area contributed by atoms with E-state index in [0.717, 1.165) is 66.6 Å². The molecule has 0 radical (unpaired) electrons. The molecule has 0 unspecified atom stereocenters. The lowest BCUT2D eigenvalue weighted by Gasteiger charge is -2.35. The number of fused-ring (bicyclic) bond motifs is 1. The maximum absolute atomic E-state index is 13.2. The number of halogens is 3. The Morgan fingerprint density at radius 2 is 1.51 bits per heavy atom. The van der Waals surface area contributed by atoms with E-state index in [1.165, 1.54) is 22.8 Å². The molecule has 2 heterocycles. The molecule has 0 aliphatic carbocycles. The van der Waals surface area contributed by atoms with Gasteiger partial charge in [0, 0.05) is 69.3 Å². The first-order chi connectivity index (χ1) is 34.6. The van der Waals surface area contributed by atoms with Gasteiger partial charge in [0.25, 0.3) is 5.91 Å². The molecule has 7 aromatic rings. The van der Waals surface area contributed by atoms with Gasteiger partial charge in [0.1, 0.15) is 23.0 Å². The largest absolute Gasteiger partial charge is 0.508 e. The molecule has 17 heteroatoms. The van der Waals surface area contributed by atoms with Crippen molar-refractivity contribution in [3.8, 4) is 40.1 Å². The number of ether oxygens (including phenoxy) is 1. The van der Waals surface area contributed by atoms with Gasteiger partial charge in [-0.25, -0.2) is 14.5 Å². The van der Waals surface area contributed by atoms with Crippen molar-refractivity contribution in [3.63, 3.8) is 0 Å². The van der Waals surface area contributed by atoms with Gasteiger partial charge in [-0.1, -0.05) is 68.8 Å². The van der Waals surface area contributed by atoms with Gasteiger partial charge >= 0.3 is 11.9 Å². The van der Waals surface area contributed by atoms with Crippen molar-refractivity contribution >= 4 is 28.5 Å². The van der Waals surface area contributed by atoms with Gasteiger partial charge in [-0.3, -0.25) is 19.3 Å². The predicted molar refractivity (Wildman–Crippen MR) is 267 cm³/mol. The van der Waals surface area contributed by atoms with Crippen LogP contribution < -0.4 is 21.1 Å². The third-order valence-electron chi connectivity index (χ3n) is 12.7. The molecule has 374 valence electrons. The molecule has 0 bridgehead atoms. The maximum atomic E-state index is 13.2. The summed E-state index contributed by atoms with van der Waals surface area (Å²) in [6, 6.07) is 32.8. The second kappa shape index (κ2) is 22.4. The van der Waals surface area contributed by atoms with Crippen LogP contribution in [0.25, 0.3) is 27.8 Å². The van der Waals surface area contributed by atoms with Crippen LogP contribution in [0.2, 0.25) is 0 Å². The molecule has 8 rings (SSSR count). The summed E-state index contributed by atoms with van der Waals surface area (Å²) < 4.78 is 46.2. The van der Waals surface area contributed by atoms with Gasteiger partial charge in [0.15, 0.2) is 5.82 Å². The highest BCUT2D eigenvalue weighted by molar-refractivity contribution is 6.00. The minimum atomic E-state index is -4.45. The fraction of sp³-hybridized carbons (Fsp3) is 0.291. The number of H-pyrrole nitrogens is 1. The second-order valence-electron chi connectivity index (χ2n) is 18.3. The van der Waals surface area contributed by atoms with Crippen LogP contribution in [0, 0.1) is 0 Å². The van der Waals surface area contributed by atoms with E-state index in [1.807, 2.05) is 73.3 Å². The lowest BCUT2D eigenvalue weighted by Crippen LogP contribution is -2.48. The number of aromatic amines is 1. The van der Waals surface area contributed by atoms with Crippen LogP contribution >= 0.6 is 0 Å². The number of aromatic hydroxyl groups is 2. The fourth-order valence-corrected chi connectivity index (χ4v) is 8.79. The Kier molecular flexibility index (Phi) is 15.7. The number of unbranched alkanes of at least 4 members (excludes halogenated alkanes) is 2. The fourth-order valence-electron chi connectivity index (χ4n) is 8.79. The average Bonchev–Trinajstić information content (AvgIpc) is 3.74. The zero-order valence-electron chi connectivity index (χ0n) is 40.0. The molecule has 1 aliphatic heterocycles. The average molecular weight is 984 g/mol. The van der Waals surface area contributed by atoms with Crippen molar-refractivity contribution in [2.75, 3.05) is 32.7 Å². The highest BCUT2D eigenvalue weighted by Gasteiger charge is 2.30. The smallest absolute Gasteiger partial charge is 0.416 e. The summed E-state index contributed by atoms with van der Waals surface area (Å²) in [6.45, 7) is 7.98. The van der Waals surface area contributed by atoms with Crippen molar-refractivity contribution in [2.45, 2.75) is 71.1 Å². The quantitative estimate of drug-likeness (QED) is 0.0524. The summed E-state index contributed by atoms with van der Waals surface area (Å²) >= 11 is 0. The van der Waals surface area contributed by atoms with E-state index in [1.54, 1.807) is 36.4 Å². The minimum Gasteiger partial charge on any atom is -0.508 e. The number of aromatic nitrogens is 3. The highest BCUT2D eigenvalue weighted by Crippen LogP contribution is 2.38. The minimum absolute atomic E-state index is 0.0179. The van der Waals surface area contributed by atoms with E-state index in [9.17, 15) is 42.6 Å². The third kappa shape index (κ3) is 12.5. The van der Waals surface area contributed by atoms with Crippen molar-refractivity contribution in [1.29, 1.82) is 0 Å². The number of benzene rings is 6. The Hall–Kier alpha value is -7.92. The Labute approximate surface area is 414 Å². The zero-order valence-corrected chi connectivity index (χ0v) is 40.0. The number of alkyl halides is 3. The standard InChI is InChI=1S/C55H56F3N7O7/c1-35(2)45-31-46(48(67)32-47(45)66)52-61-62-54(71)65(52)42-18-13-36(14-19-42)34-63-24-26-64(27-25-63)51(69)12-4-3-5-23-59-50(68)29-37-8-6-9-38(28-37)33-60-53(70)40-15-22-44-39(30-40)10-7-11-49(44)72-43-20-16-41(17-21-43)55(56,57)58/h6-11,13-22,28,30-32,35,66-67H,3-5,12,23-27,29,33-34H2,1-2H3,(H,59,68)(H,60,70)(H,62,71). The van der Waals surface area contributed by atoms with Crippen LogP contribution in [0.3, 0.4) is 0 Å². The number of carbonyl (C=O) groups excluding carboxylic acids is 3. The number of rotatable bonds is 18. The van der Waals surface area contributed by atoms with Crippen molar-refractivity contribution in [2.24, 2.45) is 0 Å². The summed E-state index contributed by atoms with van der Waals surface area (Å²) in [5.74, 6) is 0.403. The summed E-state index contributed by atoms with van der Waals surface area (Å²) in [4.78, 5) is 56.1. The first kappa shape index (κ1) is 50.5. The second-order valence-corrected chi connectivity index (χ2v) is 18.3. The topological polar surface area (TPSA) is 182 Å². The van der Waals surface area contributed by atoms with Crippen LogP contribution in [0.4, 0.5) is 13.2 Å². The third-order valence-corrected chi connectivity index (χ3v) is 12.7. The maximum Gasteiger partial charge on any atom is 0.416 e. The summed E-state index contributed by atoms with van der Waals surface area (Å²) in [5.41, 5.74) is 3.40. The van der Waals surface area contributed by atoms with Crippen molar-refractivity contribution in [1.82, 2.24) is 35.2 Å². The number of hydrogen-bond acceptors (Lipinski definition) is 9. The van der Waals surface area contributed by atoms with E-state index in [4.69, 9.17) is 4.74 Å². The lowest BCUT2D eigenvalue weighted by atomic mass is 9.98. The number of phenolic OH excluding ortho intramolecular Hbond substituents is 2. The number of piperazine rings is 1. The highest BCUT2D eigenvalue weighted by atomic mass is 19.4. The molecule has 3 amide bonds. The molecule has 72 heavy (non-hydrogen) atoms. The number of phenols is 2. The van der Waals surface area contributed by atoms with Gasteiger partial charge in [-0.05, 0) is 113 Å². The van der Waals surface area contributed by atoms with Gasteiger partial charge in [0.05, 0.1) is 23.2 Å². The number of nitrogens with zero attached hydrogens (tertiary/aromatic N) is 4. The first-order valence-electron chi connectivity index (χ1n) is 23.9. The molecule has 6 aromatic carbocycles. The number of carbonyl (C=O) groups is 3. The van der Waals surface area contributed by atoms with Crippen LogP contribution in [-0.4, -0.2) is 85.2 Å². The molecular formula is C55H56F3N7O7. The molecule has 1 fully saturated rings. The number of hydrogen-bond donors (Lipinski definition) is 5. The molecule has 14 nitrogen and oxygen atoms in total. The Bertz CT molecular complexity index is 3110. The van der Waals surface area contributed by atoms with Crippen LogP contribution in [0.1, 0.15) is 83.6 Å². The molecule has 1 aliphatic rings. The number of nitrogens with one attached hydrogen (secondary N) is 3. The molecular weight excluding hydrogens is 928 g/mol. The summed E-state index contributed by atoms with van der Waals surface area (Å²) in [7, 11) is 0. The van der Waals surface area contributed by atoms with Gasteiger partial charge < -0.3 is 30.5 Å². The predicted octanol–water partition coefficient (Wildman–Crippen LogP) is 9.22. The van der Waals surface area contributed by atoms with Gasteiger partial charge in [-0.15, -0.1) is 0 Å². The van der Waals surface area contributed by atoms with Gasteiger partial charge in [0.2, 0.25) is 11.8 Å². The molecule has 0 atom stereocenters. The summed E-state index contributed by atoms with van der Waals surface area (Å²) in [5, 5.41) is 34.9. The Morgan fingerprint density at radius 1 is 0.778 bits per heavy atom. The summed E-state index contributed by atoms with van der Waals surface area (Å²) in [6.07, 6.45) is -1.55. The normalized spacial score (nSPS) is 13.1. The van der Waals surface area contributed by atoms with Crippen LogP contribution in [0.15, 0.2) is 126 Å². The molecule has 5 N–H and O–H groups in total. The van der Waals surface area contributed by atoms with E-state index in [2.05, 4.69) is 25.7 Å². The van der Waals surface area contributed by atoms with E-state index in [-0.39, 0.29) is 59.7 Å². The van der Waals surface area contributed by atoms with Crippen molar-refractivity contribution < 1.29 is 42.5 Å².